The normalized spacial score (nSPS) is 19.4. The van der Waals surface area contributed by atoms with Crippen LogP contribution in [0.15, 0.2) is 12.3 Å². The molecule has 1 aliphatic heterocycles. The molecule has 0 amide bonds. The summed E-state index contributed by atoms with van der Waals surface area (Å²) in [4.78, 5) is 0. The van der Waals surface area contributed by atoms with Crippen LogP contribution in [0.3, 0.4) is 0 Å². The Kier molecular flexibility index (Phi) is 11.8. The maximum absolute atomic E-state index is 7.93. The summed E-state index contributed by atoms with van der Waals surface area (Å²) in [5.74, 6) is 2.55. The summed E-state index contributed by atoms with van der Waals surface area (Å²) in [6.07, 6.45) is 8.84. The molecule has 0 aliphatic carbocycles. The van der Waals surface area contributed by atoms with Crippen molar-refractivity contribution in [2.75, 3.05) is 6.61 Å². The molecule has 1 unspecified atom stereocenters. The van der Waals surface area contributed by atoms with Gasteiger partial charge in [0.1, 0.15) is 6.11 Å². The van der Waals surface area contributed by atoms with E-state index in [-0.39, 0.29) is 9.52 Å². The SMILES string of the molecule is C=C[SiH2]C1CCCCO1.CCCCC#CO. The van der Waals surface area contributed by atoms with Crippen LogP contribution in [0.4, 0.5) is 0 Å². The fourth-order valence-electron chi connectivity index (χ4n) is 1.50. The number of unbranched alkanes of at least 4 members (excludes halogenated alkanes) is 2. The van der Waals surface area contributed by atoms with Crippen LogP contribution >= 0.6 is 0 Å². The van der Waals surface area contributed by atoms with Crippen molar-refractivity contribution < 1.29 is 9.84 Å². The van der Waals surface area contributed by atoms with Gasteiger partial charge in [-0.3, -0.25) is 0 Å². The third-order valence-corrected chi connectivity index (χ3v) is 3.94. The first-order valence-electron chi connectivity index (χ1n) is 6.19. The van der Waals surface area contributed by atoms with Gasteiger partial charge < -0.3 is 9.84 Å². The van der Waals surface area contributed by atoms with Crippen molar-refractivity contribution in [2.24, 2.45) is 0 Å². The number of aliphatic hydroxyl groups is 1. The summed E-state index contributed by atoms with van der Waals surface area (Å²) in [5.41, 5.74) is 2.70. The van der Waals surface area contributed by atoms with E-state index in [1.807, 2.05) is 6.11 Å². The molecular formula is C13H24O2Si. The summed E-state index contributed by atoms with van der Waals surface area (Å²) < 4.78 is 5.51. The molecule has 3 heteroatoms. The van der Waals surface area contributed by atoms with Gasteiger partial charge in [-0.2, -0.15) is 0 Å². The zero-order valence-corrected chi connectivity index (χ0v) is 11.8. The molecule has 0 aromatic rings. The van der Waals surface area contributed by atoms with Crippen molar-refractivity contribution in [1.29, 1.82) is 0 Å². The summed E-state index contributed by atoms with van der Waals surface area (Å²) in [7, 11) is -0.0824. The van der Waals surface area contributed by atoms with Gasteiger partial charge in [0, 0.05) is 18.8 Å². The minimum atomic E-state index is -0.0824. The Morgan fingerprint density at radius 1 is 1.56 bits per heavy atom. The highest BCUT2D eigenvalue weighted by Crippen LogP contribution is 2.10. The maximum atomic E-state index is 7.93. The van der Waals surface area contributed by atoms with Gasteiger partial charge in [-0.15, -0.1) is 12.3 Å². The molecule has 0 saturated carbocycles. The molecule has 1 rings (SSSR count). The molecule has 1 atom stereocenters. The van der Waals surface area contributed by atoms with Crippen LogP contribution in [0.25, 0.3) is 0 Å². The Balaban J connectivity index is 0.000000293. The molecule has 0 aromatic heterocycles. The molecule has 0 bridgehead atoms. The minimum Gasteiger partial charge on any atom is -0.462 e. The number of ether oxygens (including phenoxy) is 1. The van der Waals surface area contributed by atoms with Gasteiger partial charge in [0.15, 0.2) is 0 Å². The highest BCUT2D eigenvalue weighted by molar-refractivity contribution is 6.43. The molecule has 0 spiro atoms. The monoisotopic (exact) mass is 240 g/mol. The predicted molar refractivity (Wildman–Crippen MR) is 71.6 cm³/mol. The quantitative estimate of drug-likeness (QED) is 0.464. The standard InChI is InChI=1S/C7H14OSi.C6H10O/c1-2-9-7-5-3-4-6-8-7;1-2-3-4-5-6-7/h2,7H,1,3-6,9H2;7H,2-4H2,1H3. The van der Waals surface area contributed by atoms with E-state index in [4.69, 9.17) is 9.84 Å². The Bertz CT molecular complexity index is 212. The van der Waals surface area contributed by atoms with Crippen LogP contribution in [0, 0.1) is 12.0 Å². The van der Waals surface area contributed by atoms with Crippen LogP contribution in [0.1, 0.15) is 45.4 Å². The first-order chi connectivity index (χ1) is 7.85. The molecule has 16 heavy (non-hydrogen) atoms. The topological polar surface area (TPSA) is 29.5 Å². The smallest absolute Gasteiger partial charge is 0.107 e. The van der Waals surface area contributed by atoms with Gasteiger partial charge in [0.25, 0.3) is 0 Å². The lowest BCUT2D eigenvalue weighted by Crippen LogP contribution is -2.24. The fourth-order valence-corrected chi connectivity index (χ4v) is 2.70. The van der Waals surface area contributed by atoms with Gasteiger partial charge in [-0.05, 0) is 25.7 Å². The number of rotatable bonds is 4. The lowest BCUT2D eigenvalue weighted by molar-refractivity contribution is 0.0659. The molecule has 1 saturated heterocycles. The molecule has 1 heterocycles. The molecule has 0 aromatic carbocycles. The maximum Gasteiger partial charge on any atom is 0.107 e. The first-order valence-corrected chi connectivity index (χ1v) is 7.82. The number of aliphatic hydroxyl groups excluding tert-OH is 1. The van der Waals surface area contributed by atoms with Crippen molar-refractivity contribution in [3.8, 4) is 12.0 Å². The van der Waals surface area contributed by atoms with E-state index in [2.05, 4.69) is 25.1 Å². The van der Waals surface area contributed by atoms with Gasteiger partial charge in [-0.25, -0.2) is 0 Å². The Hall–Kier alpha value is -0.723. The van der Waals surface area contributed by atoms with E-state index in [1.165, 1.54) is 19.3 Å². The van der Waals surface area contributed by atoms with Crippen molar-refractivity contribution >= 4 is 9.52 Å². The van der Waals surface area contributed by atoms with Crippen LogP contribution in [-0.2, 0) is 4.74 Å². The summed E-state index contributed by atoms with van der Waals surface area (Å²) in [6.45, 7) is 6.82. The Labute approximate surface area is 102 Å². The summed E-state index contributed by atoms with van der Waals surface area (Å²) in [5, 5.41) is 7.93. The lowest BCUT2D eigenvalue weighted by atomic mass is 10.2. The number of hydrogen-bond acceptors (Lipinski definition) is 2. The highest BCUT2D eigenvalue weighted by atomic mass is 28.2. The van der Waals surface area contributed by atoms with E-state index >= 15 is 0 Å². The van der Waals surface area contributed by atoms with Gasteiger partial charge in [0.05, 0.1) is 9.52 Å². The zero-order chi connectivity index (χ0) is 12.1. The molecule has 1 fully saturated rings. The van der Waals surface area contributed by atoms with Gasteiger partial charge in [0.2, 0.25) is 0 Å². The average Bonchev–Trinajstić information content (AvgIpc) is 2.32. The first kappa shape index (κ1) is 15.3. The van der Waals surface area contributed by atoms with E-state index in [0.717, 1.165) is 25.9 Å². The van der Waals surface area contributed by atoms with Crippen LogP contribution in [0.2, 0.25) is 0 Å². The van der Waals surface area contributed by atoms with E-state index in [9.17, 15) is 0 Å². The molecule has 0 radical (unpaired) electrons. The second-order valence-corrected chi connectivity index (χ2v) is 5.86. The molecule has 1 aliphatic rings. The van der Waals surface area contributed by atoms with Crippen LogP contribution in [0.5, 0.6) is 0 Å². The highest BCUT2D eigenvalue weighted by Gasteiger charge is 2.11. The average molecular weight is 240 g/mol. The van der Waals surface area contributed by atoms with Crippen LogP contribution in [-0.4, -0.2) is 27.0 Å². The van der Waals surface area contributed by atoms with Crippen molar-refractivity contribution in [3.05, 3.63) is 12.3 Å². The van der Waals surface area contributed by atoms with Crippen molar-refractivity contribution in [1.82, 2.24) is 0 Å². The van der Waals surface area contributed by atoms with Crippen LogP contribution < -0.4 is 0 Å². The third-order valence-electron chi connectivity index (χ3n) is 2.44. The lowest BCUT2D eigenvalue weighted by Gasteiger charge is -2.20. The predicted octanol–water partition coefficient (Wildman–Crippen LogP) is 2.34. The second kappa shape index (κ2) is 12.3. The summed E-state index contributed by atoms with van der Waals surface area (Å²) in [6, 6.07) is 0. The van der Waals surface area contributed by atoms with E-state index < -0.39 is 0 Å². The molecule has 92 valence electrons. The van der Waals surface area contributed by atoms with E-state index in [0.29, 0.717) is 5.73 Å². The van der Waals surface area contributed by atoms with Gasteiger partial charge >= 0.3 is 0 Å². The Morgan fingerprint density at radius 2 is 2.38 bits per heavy atom. The molecular weight excluding hydrogens is 216 g/mol. The Morgan fingerprint density at radius 3 is 2.88 bits per heavy atom. The fraction of sp³-hybridized carbons (Fsp3) is 0.692. The van der Waals surface area contributed by atoms with Crippen molar-refractivity contribution in [2.45, 2.75) is 51.2 Å². The number of hydrogen-bond donors (Lipinski definition) is 1. The minimum absolute atomic E-state index is 0.0824. The molecule has 2 nitrogen and oxygen atoms in total. The summed E-state index contributed by atoms with van der Waals surface area (Å²) >= 11 is 0. The van der Waals surface area contributed by atoms with Gasteiger partial charge in [-0.1, -0.05) is 19.3 Å². The largest absolute Gasteiger partial charge is 0.462 e. The zero-order valence-electron chi connectivity index (χ0n) is 10.4. The second-order valence-electron chi connectivity index (χ2n) is 3.91. The van der Waals surface area contributed by atoms with E-state index in [1.54, 1.807) is 0 Å². The molecule has 1 N–H and O–H groups in total. The van der Waals surface area contributed by atoms with Crippen molar-refractivity contribution in [3.63, 3.8) is 0 Å². The third kappa shape index (κ3) is 9.82.